The first-order valence-corrected chi connectivity index (χ1v) is 10.9. The Kier molecular flexibility index (Phi) is 4.99. The zero-order valence-corrected chi connectivity index (χ0v) is 17.2. The molecule has 30 heavy (non-hydrogen) atoms. The predicted octanol–water partition coefficient (Wildman–Crippen LogP) is 0.444. The van der Waals surface area contributed by atoms with Crippen molar-refractivity contribution in [3.05, 3.63) is 23.8 Å². The number of aliphatic imine (C=N–C) groups is 1. The number of guanidine groups is 1. The van der Waals surface area contributed by atoms with Gasteiger partial charge in [-0.2, -0.15) is 5.26 Å². The standard InChI is InChI=1S/C22H27N5O3/c23-13-17-20(28)24-21(25-22(17)6-2-1-3-7-22)27-10-8-26(9-11-27)14-16-4-5-18-19(12-16)30-15-29-18/h4-5,12,17H,1-3,6-11,14-15H2,(H,24,25,28)/p+1/t17-/m0/s1. The average molecular weight is 410 g/mol. The summed E-state index contributed by atoms with van der Waals surface area (Å²) in [6.07, 6.45) is 4.90. The van der Waals surface area contributed by atoms with Gasteiger partial charge in [-0.15, -0.1) is 0 Å². The average Bonchev–Trinajstić information content (AvgIpc) is 3.23. The van der Waals surface area contributed by atoms with Gasteiger partial charge in [-0.05, 0) is 31.0 Å². The molecule has 1 aromatic carbocycles. The van der Waals surface area contributed by atoms with E-state index in [-0.39, 0.29) is 5.91 Å². The molecule has 0 bridgehead atoms. The maximum atomic E-state index is 12.7. The van der Waals surface area contributed by atoms with E-state index in [1.807, 2.05) is 6.07 Å². The second-order valence-corrected chi connectivity index (χ2v) is 8.75. The Bertz CT molecular complexity index is 895. The monoisotopic (exact) mass is 410 g/mol. The van der Waals surface area contributed by atoms with Crippen molar-refractivity contribution < 1.29 is 19.2 Å². The van der Waals surface area contributed by atoms with Crippen LogP contribution < -0.4 is 19.7 Å². The first kappa shape index (κ1) is 19.2. The van der Waals surface area contributed by atoms with Crippen LogP contribution in [-0.2, 0) is 11.3 Å². The summed E-state index contributed by atoms with van der Waals surface area (Å²) in [5.74, 6) is 1.47. The van der Waals surface area contributed by atoms with E-state index in [9.17, 15) is 10.1 Å². The molecular formula is C22H28N5O3+. The lowest BCUT2D eigenvalue weighted by Gasteiger charge is -2.43. The molecule has 0 aromatic heterocycles. The number of amides is 1. The van der Waals surface area contributed by atoms with Crippen LogP contribution in [0.5, 0.6) is 11.5 Å². The molecule has 1 aliphatic carbocycles. The largest absolute Gasteiger partial charge is 0.454 e. The molecule has 1 saturated heterocycles. The number of nitrogens with one attached hydrogen (secondary N) is 2. The number of nitriles is 1. The number of nitrogens with zero attached hydrogens (tertiary/aromatic N) is 3. The number of benzene rings is 1. The molecule has 8 heteroatoms. The van der Waals surface area contributed by atoms with E-state index < -0.39 is 11.5 Å². The van der Waals surface area contributed by atoms with E-state index >= 15 is 0 Å². The number of carbonyl (C=O) groups is 1. The van der Waals surface area contributed by atoms with Crippen molar-refractivity contribution in [2.45, 2.75) is 44.2 Å². The third-order valence-corrected chi connectivity index (χ3v) is 6.87. The molecule has 1 aromatic rings. The molecule has 1 atom stereocenters. The number of fused-ring (bicyclic) bond motifs is 1. The van der Waals surface area contributed by atoms with Gasteiger partial charge in [0, 0.05) is 5.56 Å². The smallest absolute Gasteiger partial charge is 0.246 e. The Labute approximate surface area is 176 Å². The van der Waals surface area contributed by atoms with Crippen LogP contribution >= 0.6 is 0 Å². The number of rotatable bonds is 2. The Balaban J connectivity index is 1.25. The van der Waals surface area contributed by atoms with Crippen molar-refractivity contribution in [2.24, 2.45) is 10.9 Å². The summed E-state index contributed by atoms with van der Waals surface area (Å²) < 4.78 is 10.9. The zero-order chi connectivity index (χ0) is 20.6. The van der Waals surface area contributed by atoms with E-state index in [2.05, 4.69) is 28.4 Å². The van der Waals surface area contributed by atoms with Gasteiger partial charge in [0.05, 0.1) is 37.8 Å². The molecule has 4 aliphatic rings. The van der Waals surface area contributed by atoms with Gasteiger partial charge in [0.1, 0.15) is 6.54 Å². The molecule has 2 N–H and O–H groups in total. The predicted molar refractivity (Wildman–Crippen MR) is 109 cm³/mol. The van der Waals surface area contributed by atoms with Gasteiger partial charge < -0.3 is 19.3 Å². The Morgan fingerprint density at radius 1 is 1.20 bits per heavy atom. The minimum Gasteiger partial charge on any atom is -0.454 e. The number of quaternary nitrogens is 1. The number of piperazine rings is 1. The van der Waals surface area contributed by atoms with Crippen molar-refractivity contribution in [2.75, 3.05) is 33.0 Å². The van der Waals surface area contributed by atoms with Crippen LogP contribution in [0.15, 0.2) is 23.2 Å². The highest BCUT2D eigenvalue weighted by molar-refractivity contribution is 6.02. The summed E-state index contributed by atoms with van der Waals surface area (Å²) in [5.41, 5.74) is 0.713. The summed E-state index contributed by atoms with van der Waals surface area (Å²) in [7, 11) is 0. The summed E-state index contributed by atoms with van der Waals surface area (Å²) in [5, 5.41) is 12.5. The molecule has 8 nitrogen and oxygen atoms in total. The van der Waals surface area contributed by atoms with Crippen molar-refractivity contribution in [3.8, 4) is 17.6 Å². The van der Waals surface area contributed by atoms with Gasteiger partial charge in [0.25, 0.3) is 0 Å². The maximum Gasteiger partial charge on any atom is 0.246 e. The highest BCUT2D eigenvalue weighted by atomic mass is 16.7. The third-order valence-electron chi connectivity index (χ3n) is 6.87. The second-order valence-electron chi connectivity index (χ2n) is 8.75. The molecule has 1 saturated carbocycles. The van der Waals surface area contributed by atoms with Crippen LogP contribution in [0.25, 0.3) is 0 Å². The van der Waals surface area contributed by atoms with Crippen molar-refractivity contribution in [1.29, 1.82) is 5.26 Å². The summed E-state index contributed by atoms with van der Waals surface area (Å²) >= 11 is 0. The van der Waals surface area contributed by atoms with E-state index in [0.29, 0.717) is 12.8 Å². The maximum absolute atomic E-state index is 12.7. The van der Waals surface area contributed by atoms with Crippen LogP contribution in [0.1, 0.15) is 37.7 Å². The minimum atomic E-state index is -0.667. The molecule has 5 rings (SSSR count). The van der Waals surface area contributed by atoms with Crippen LogP contribution in [0, 0.1) is 17.2 Å². The normalized spacial score (nSPS) is 25.6. The molecule has 158 valence electrons. The van der Waals surface area contributed by atoms with E-state index in [4.69, 9.17) is 14.5 Å². The number of carbonyl (C=O) groups excluding carboxylic acids is 1. The van der Waals surface area contributed by atoms with E-state index in [1.165, 1.54) is 10.5 Å². The fourth-order valence-corrected chi connectivity index (χ4v) is 5.17. The first-order chi connectivity index (χ1) is 14.7. The lowest BCUT2D eigenvalue weighted by molar-refractivity contribution is -0.917. The van der Waals surface area contributed by atoms with Crippen LogP contribution in [0.2, 0.25) is 0 Å². The highest BCUT2D eigenvalue weighted by Gasteiger charge is 2.48. The van der Waals surface area contributed by atoms with E-state index in [1.54, 1.807) is 0 Å². The number of hydrogen-bond acceptors (Lipinski definition) is 6. The van der Waals surface area contributed by atoms with Gasteiger partial charge in [-0.25, -0.2) is 4.99 Å². The molecule has 0 unspecified atom stereocenters. The second kappa shape index (κ2) is 7.80. The van der Waals surface area contributed by atoms with Crippen molar-refractivity contribution >= 4 is 11.9 Å². The Hall–Kier alpha value is -2.79. The number of ether oxygens (including phenoxy) is 2. The summed E-state index contributed by atoms with van der Waals surface area (Å²) in [4.78, 5) is 21.4. The lowest BCUT2D eigenvalue weighted by Crippen LogP contribution is -3.13. The van der Waals surface area contributed by atoms with Gasteiger partial charge in [0.2, 0.25) is 18.7 Å². The molecule has 0 radical (unpaired) electrons. The van der Waals surface area contributed by atoms with Crippen molar-refractivity contribution in [1.82, 2.24) is 10.2 Å². The topological polar surface area (TPSA) is 91.4 Å². The molecule has 3 aliphatic heterocycles. The first-order valence-electron chi connectivity index (χ1n) is 10.9. The molecule has 1 spiro atoms. The summed E-state index contributed by atoms with van der Waals surface area (Å²) in [6.45, 7) is 4.85. The molecule has 2 fully saturated rings. The van der Waals surface area contributed by atoms with Crippen molar-refractivity contribution in [3.63, 3.8) is 0 Å². The van der Waals surface area contributed by atoms with Gasteiger partial charge in [-0.3, -0.25) is 10.1 Å². The van der Waals surface area contributed by atoms with Gasteiger partial charge in [-0.1, -0.05) is 19.3 Å². The third kappa shape index (κ3) is 3.47. The zero-order valence-electron chi connectivity index (χ0n) is 17.2. The van der Waals surface area contributed by atoms with Crippen LogP contribution in [-0.4, -0.2) is 55.3 Å². The molecular weight excluding hydrogens is 382 g/mol. The number of hydrogen-bond donors (Lipinski definition) is 2. The Morgan fingerprint density at radius 2 is 1.97 bits per heavy atom. The fourth-order valence-electron chi connectivity index (χ4n) is 5.17. The van der Waals surface area contributed by atoms with E-state index in [0.717, 1.165) is 76.3 Å². The minimum absolute atomic E-state index is 0.181. The summed E-state index contributed by atoms with van der Waals surface area (Å²) in [6, 6.07) is 8.39. The van der Waals surface area contributed by atoms with Crippen LogP contribution in [0.3, 0.4) is 0 Å². The van der Waals surface area contributed by atoms with Gasteiger partial charge >= 0.3 is 0 Å². The quantitative estimate of drug-likeness (QED) is 0.739. The highest BCUT2D eigenvalue weighted by Crippen LogP contribution is 2.40. The van der Waals surface area contributed by atoms with Crippen LogP contribution in [0.4, 0.5) is 0 Å². The SMILES string of the molecule is N#C[C@H]1C(=O)NC(N2CC[NH+](Cc3ccc4c(c3)OCO4)CC2)=NC12CCCCC2. The lowest BCUT2D eigenvalue weighted by atomic mass is 9.72. The molecule has 1 amide bonds. The molecule has 3 heterocycles. The fraction of sp³-hybridized carbons (Fsp3) is 0.591. The Morgan fingerprint density at radius 3 is 2.73 bits per heavy atom. The van der Waals surface area contributed by atoms with Gasteiger partial charge in [0.15, 0.2) is 17.4 Å².